The molecule has 0 radical (unpaired) electrons. The van der Waals surface area contributed by atoms with E-state index in [-0.39, 0.29) is 11.3 Å². The Morgan fingerprint density at radius 2 is 1.96 bits per heavy atom. The normalized spacial score (nSPS) is 23.7. The van der Waals surface area contributed by atoms with E-state index >= 15 is 0 Å². The maximum Gasteiger partial charge on any atom is 0.251 e. The quantitative estimate of drug-likeness (QED) is 0.880. The van der Waals surface area contributed by atoms with Crippen LogP contribution in [0.25, 0.3) is 0 Å². The van der Waals surface area contributed by atoms with E-state index in [1.807, 2.05) is 12.1 Å². The lowest BCUT2D eigenvalue weighted by Gasteiger charge is -2.39. The lowest BCUT2D eigenvalue weighted by atomic mass is 9.74. The highest BCUT2D eigenvalue weighted by molar-refractivity contribution is 6.35. The average molecular weight is 374 g/mol. The lowest BCUT2D eigenvalue weighted by Crippen LogP contribution is -2.49. The zero-order valence-electron chi connectivity index (χ0n) is 13.4. The van der Waals surface area contributed by atoms with Gasteiger partial charge in [0.05, 0.1) is 19.8 Å². The molecule has 7 heteroatoms. The van der Waals surface area contributed by atoms with Crippen LogP contribution in [0.5, 0.6) is 0 Å². The molecule has 3 rings (SSSR count). The molecule has 2 saturated heterocycles. The molecule has 0 saturated carbocycles. The first-order valence-electron chi connectivity index (χ1n) is 8.11. The number of nitrogens with one attached hydrogen (secondary N) is 1. The lowest BCUT2D eigenvalue weighted by molar-refractivity contribution is -0.147. The highest BCUT2D eigenvalue weighted by atomic mass is 35.5. The number of amides is 1. The molecule has 2 heterocycles. The third-order valence-corrected chi connectivity index (χ3v) is 5.21. The highest BCUT2D eigenvalue weighted by Crippen LogP contribution is 2.39. The Morgan fingerprint density at radius 3 is 2.62 bits per heavy atom. The minimum atomic E-state index is -0.545. The van der Waals surface area contributed by atoms with Crippen molar-refractivity contribution in [3.63, 3.8) is 0 Å². The Labute approximate surface area is 151 Å². The van der Waals surface area contributed by atoms with Gasteiger partial charge in [-0.1, -0.05) is 29.3 Å². The predicted molar refractivity (Wildman–Crippen MR) is 91.8 cm³/mol. The van der Waals surface area contributed by atoms with E-state index in [9.17, 15) is 4.79 Å². The molecule has 1 aromatic carbocycles. The third kappa shape index (κ3) is 4.03. The van der Waals surface area contributed by atoms with Gasteiger partial charge >= 0.3 is 0 Å². The van der Waals surface area contributed by atoms with Crippen molar-refractivity contribution < 1.29 is 19.0 Å². The first-order chi connectivity index (χ1) is 11.6. The van der Waals surface area contributed by atoms with Gasteiger partial charge in [-0.25, -0.2) is 0 Å². The Hall–Kier alpha value is -0.850. The molecule has 1 N–H and O–H groups in total. The van der Waals surface area contributed by atoms with Crippen LogP contribution < -0.4 is 5.32 Å². The number of ether oxygens (including phenoxy) is 3. The summed E-state index contributed by atoms with van der Waals surface area (Å²) in [5.74, 6) is -0.148. The first-order valence-corrected chi connectivity index (χ1v) is 8.87. The summed E-state index contributed by atoms with van der Waals surface area (Å²) in [5, 5.41) is 4.23. The maximum absolute atomic E-state index is 12.4. The largest absolute Gasteiger partial charge is 0.381 e. The van der Waals surface area contributed by atoms with Crippen LogP contribution in [0.15, 0.2) is 18.2 Å². The molecular weight excluding hydrogens is 353 g/mol. The maximum atomic E-state index is 12.4. The van der Waals surface area contributed by atoms with Crippen molar-refractivity contribution in [3.8, 4) is 0 Å². The second-order valence-corrected chi connectivity index (χ2v) is 7.01. The monoisotopic (exact) mass is 373 g/mol. The summed E-state index contributed by atoms with van der Waals surface area (Å²) < 4.78 is 16.3. The van der Waals surface area contributed by atoms with Gasteiger partial charge < -0.3 is 19.5 Å². The third-order valence-electron chi connectivity index (χ3n) is 4.66. The molecule has 24 heavy (non-hydrogen) atoms. The van der Waals surface area contributed by atoms with Gasteiger partial charge in [-0.2, -0.15) is 0 Å². The van der Waals surface area contributed by atoms with E-state index in [4.69, 9.17) is 37.4 Å². The van der Waals surface area contributed by atoms with Crippen LogP contribution >= 0.6 is 23.2 Å². The van der Waals surface area contributed by atoms with Crippen molar-refractivity contribution in [1.29, 1.82) is 0 Å². The van der Waals surface area contributed by atoms with Crippen molar-refractivity contribution in [2.45, 2.75) is 24.4 Å². The van der Waals surface area contributed by atoms with Gasteiger partial charge in [0.1, 0.15) is 0 Å². The molecule has 0 spiro atoms. The number of carbonyl (C=O) groups excluding carboxylic acids is 1. The Kier molecular flexibility index (Phi) is 6.00. The van der Waals surface area contributed by atoms with E-state index in [2.05, 4.69) is 5.32 Å². The summed E-state index contributed by atoms with van der Waals surface area (Å²) in [5.41, 5.74) is 0.739. The van der Waals surface area contributed by atoms with E-state index in [0.29, 0.717) is 49.6 Å². The second-order valence-electron chi connectivity index (χ2n) is 6.17. The van der Waals surface area contributed by atoms with Gasteiger partial charge in [-0.3, -0.25) is 4.79 Å². The van der Waals surface area contributed by atoms with Crippen LogP contribution in [-0.4, -0.2) is 51.6 Å². The highest BCUT2D eigenvalue weighted by Gasteiger charge is 2.37. The number of benzene rings is 1. The Morgan fingerprint density at radius 1 is 1.17 bits per heavy atom. The van der Waals surface area contributed by atoms with Crippen molar-refractivity contribution in [3.05, 3.63) is 33.8 Å². The van der Waals surface area contributed by atoms with Crippen LogP contribution in [0.4, 0.5) is 0 Å². The SMILES string of the molecule is O=C(NCC1(c2ccc(Cl)cc2Cl)CCOCC1)C1COCCO1. The standard InChI is InChI=1S/C17H21Cl2NO4/c18-12-1-2-13(14(19)9-12)17(3-5-22-6-4-17)11-20-16(21)15-10-23-7-8-24-15/h1-2,9,15H,3-8,10-11H2,(H,20,21). The van der Waals surface area contributed by atoms with Crippen LogP contribution in [-0.2, 0) is 24.4 Å². The van der Waals surface area contributed by atoms with E-state index in [1.54, 1.807) is 6.07 Å². The molecule has 1 aromatic rings. The van der Waals surface area contributed by atoms with Crippen LogP contribution in [0.3, 0.4) is 0 Å². The van der Waals surface area contributed by atoms with Gasteiger partial charge in [0.2, 0.25) is 0 Å². The predicted octanol–water partition coefficient (Wildman–Crippen LogP) is 2.57. The van der Waals surface area contributed by atoms with E-state index < -0.39 is 6.10 Å². The topological polar surface area (TPSA) is 56.8 Å². The Bertz CT molecular complexity index is 584. The van der Waals surface area contributed by atoms with Gasteiger partial charge in [0, 0.05) is 35.2 Å². The summed E-state index contributed by atoms with van der Waals surface area (Å²) in [6, 6.07) is 5.53. The molecule has 0 aromatic heterocycles. The van der Waals surface area contributed by atoms with E-state index in [0.717, 1.165) is 18.4 Å². The molecule has 5 nitrogen and oxygen atoms in total. The smallest absolute Gasteiger partial charge is 0.251 e. The number of halogens is 2. The fourth-order valence-electron chi connectivity index (χ4n) is 3.23. The zero-order chi connectivity index (χ0) is 17.0. The van der Waals surface area contributed by atoms with Crippen LogP contribution in [0.2, 0.25) is 10.0 Å². The summed E-state index contributed by atoms with van der Waals surface area (Å²) >= 11 is 12.5. The molecule has 1 unspecified atom stereocenters. The van der Waals surface area contributed by atoms with Crippen molar-refractivity contribution in [1.82, 2.24) is 5.32 Å². The molecule has 2 aliphatic rings. The molecule has 0 aliphatic carbocycles. The molecule has 132 valence electrons. The Balaban J connectivity index is 1.74. The number of carbonyl (C=O) groups is 1. The molecular formula is C17H21Cl2NO4. The zero-order valence-corrected chi connectivity index (χ0v) is 14.9. The second kappa shape index (κ2) is 8.02. The number of hydrogen-bond acceptors (Lipinski definition) is 4. The van der Waals surface area contributed by atoms with Gasteiger partial charge in [0.25, 0.3) is 5.91 Å². The molecule has 2 aliphatic heterocycles. The fourth-order valence-corrected chi connectivity index (χ4v) is 3.84. The van der Waals surface area contributed by atoms with Gasteiger partial charge in [-0.05, 0) is 30.5 Å². The first kappa shape index (κ1) is 18.0. The van der Waals surface area contributed by atoms with Crippen LogP contribution in [0.1, 0.15) is 18.4 Å². The van der Waals surface area contributed by atoms with E-state index in [1.165, 1.54) is 0 Å². The molecule has 1 atom stereocenters. The summed E-state index contributed by atoms with van der Waals surface area (Å²) in [7, 11) is 0. The van der Waals surface area contributed by atoms with Crippen molar-refractivity contribution in [2.75, 3.05) is 39.6 Å². The van der Waals surface area contributed by atoms with Crippen molar-refractivity contribution >= 4 is 29.1 Å². The van der Waals surface area contributed by atoms with Gasteiger partial charge in [-0.15, -0.1) is 0 Å². The summed E-state index contributed by atoms with van der Waals surface area (Å²) in [6.07, 6.45) is 1.03. The minimum Gasteiger partial charge on any atom is -0.381 e. The van der Waals surface area contributed by atoms with Crippen LogP contribution in [0, 0.1) is 0 Å². The summed E-state index contributed by atoms with van der Waals surface area (Å²) in [6.45, 7) is 3.03. The number of rotatable bonds is 4. The number of hydrogen-bond donors (Lipinski definition) is 1. The summed E-state index contributed by atoms with van der Waals surface area (Å²) in [4.78, 5) is 12.4. The molecule has 2 fully saturated rings. The molecule has 1 amide bonds. The van der Waals surface area contributed by atoms with Crippen molar-refractivity contribution in [2.24, 2.45) is 0 Å². The molecule has 0 bridgehead atoms. The fraction of sp³-hybridized carbons (Fsp3) is 0.588. The minimum absolute atomic E-state index is 0.148. The average Bonchev–Trinajstić information content (AvgIpc) is 2.61. The van der Waals surface area contributed by atoms with Gasteiger partial charge in [0.15, 0.2) is 6.10 Å².